The van der Waals surface area contributed by atoms with E-state index in [1.165, 1.54) is 10.6 Å². The Labute approximate surface area is 123 Å². The number of carbonyl (C=O) groups excluding carboxylic acids is 1. The van der Waals surface area contributed by atoms with Crippen LogP contribution in [0.2, 0.25) is 0 Å². The van der Waals surface area contributed by atoms with Crippen molar-refractivity contribution in [3.05, 3.63) is 33.2 Å². The number of rotatable bonds is 3. The summed E-state index contributed by atoms with van der Waals surface area (Å²) in [4.78, 5) is 35.7. The average Bonchev–Trinajstić information content (AvgIpc) is 2.24. The molecule has 6 nitrogen and oxygen atoms in total. The number of hydrogen-bond acceptors (Lipinski definition) is 3. The first-order valence-electron chi connectivity index (χ1n) is 6.73. The highest BCUT2D eigenvalue weighted by Gasteiger charge is 2.25. The number of carbonyl (C=O) groups is 2. The van der Waals surface area contributed by atoms with E-state index in [0.29, 0.717) is 5.56 Å². The predicted molar refractivity (Wildman–Crippen MR) is 79.7 cm³/mol. The van der Waals surface area contributed by atoms with Crippen LogP contribution in [-0.2, 0) is 4.79 Å². The Kier molecular flexibility index (Phi) is 4.61. The molecule has 2 N–H and O–H groups in total. The zero-order chi connectivity index (χ0) is 16.5. The molecule has 1 rings (SSSR count). The second kappa shape index (κ2) is 5.71. The minimum Gasteiger partial charge on any atom is -0.478 e. The van der Waals surface area contributed by atoms with Crippen molar-refractivity contribution in [2.75, 3.05) is 0 Å². The van der Waals surface area contributed by atoms with Gasteiger partial charge in [-0.2, -0.15) is 0 Å². The van der Waals surface area contributed by atoms with E-state index in [-0.39, 0.29) is 22.7 Å². The minimum atomic E-state index is -1.11. The van der Waals surface area contributed by atoms with Gasteiger partial charge in [0.1, 0.15) is 6.04 Å². The van der Waals surface area contributed by atoms with Gasteiger partial charge in [-0.1, -0.05) is 0 Å². The van der Waals surface area contributed by atoms with E-state index in [4.69, 9.17) is 0 Å². The van der Waals surface area contributed by atoms with Gasteiger partial charge in [-0.05, 0) is 47.1 Å². The third kappa shape index (κ3) is 3.71. The number of nitrogens with zero attached hydrogens (tertiary/aromatic N) is 1. The molecule has 21 heavy (non-hydrogen) atoms. The molecule has 1 unspecified atom stereocenters. The van der Waals surface area contributed by atoms with E-state index in [1.54, 1.807) is 20.8 Å². The maximum absolute atomic E-state index is 12.2. The fourth-order valence-corrected chi connectivity index (χ4v) is 2.29. The monoisotopic (exact) mass is 294 g/mol. The molecule has 0 aliphatic heterocycles. The van der Waals surface area contributed by atoms with Gasteiger partial charge in [0.25, 0.3) is 5.56 Å². The Morgan fingerprint density at radius 1 is 1.29 bits per heavy atom. The number of carboxylic acids is 1. The van der Waals surface area contributed by atoms with Gasteiger partial charge < -0.3 is 10.4 Å². The number of hydrogen-bond donors (Lipinski definition) is 2. The molecule has 116 valence electrons. The van der Waals surface area contributed by atoms with E-state index in [0.717, 1.165) is 0 Å². The number of amides is 1. The first kappa shape index (κ1) is 16.9. The lowest BCUT2D eigenvalue weighted by Crippen LogP contribution is -2.45. The standard InChI is InChI=1S/C15H22N2O4/c1-8-7-11(18)17(9(2)12(8)14(20)21)10(3)13(19)16-15(4,5)6/h7,10H,1-6H3,(H,16,19)(H,20,21). The highest BCUT2D eigenvalue weighted by Crippen LogP contribution is 2.16. The molecular formula is C15H22N2O4. The summed E-state index contributed by atoms with van der Waals surface area (Å²) in [7, 11) is 0. The summed E-state index contributed by atoms with van der Waals surface area (Å²) in [6, 6.07) is 0.465. The predicted octanol–water partition coefficient (Wildman–Crippen LogP) is 1.64. The molecule has 0 saturated heterocycles. The minimum absolute atomic E-state index is 0.0602. The van der Waals surface area contributed by atoms with Crippen LogP contribution in [-0.4, -0.2) is 27.1 Å². The summed E-state index contributed by atoms with van der Waals surface area (Å²) in [5, 5.41) is 12.0. The summed E-state index contributed by atoms with van der Waals surface area (Å²) >= 11 is 0. The van der Waals surface area contributed by atoms with Crippen molar-refractivity contribution in [1.29, 1.82) is 0 Å². The molecule has 1 aromatic rings. The summed E-state index contributed by atoms with van der Waals surface area (Å²) in [6.45, 7) is 10.2. The third-order valence-corrected chi connectivity index (χ3v) is 3.17. The van der Waals surface area contributed by atoms with Crippen LogP contribution in [0.4, 0.5) is 0 Å². The molecule has 6 heteroatoms. The Morgan fingerprint density at radius 3 is 2.24 bits per heavy atom. The van der Waals surface area contributed by atoms with Crippen LogP contribution in [0.3, 0.4) is 0 Å². The highest BCUT2D eigenvalue weighted by atomic mass is 16.4. The van der Waals surface area contributed by atoms with Gasteiger partial charge >= 0.3 is 5.97 Å². The van der Waals surface area contributed by atoms with Crippen LogP contribution < -0.4 is 10.9 Å². The van der Waals surface area contributed by atoms with Crippen LogP contribution >= 0.6 is 0 Å². The molecule has 1 atom stereocenters. The van der Waals surface area contributed by atoms with Gasteiger partial charge in [0.05, 0.1) is 5.56 Å². The van der Waals surface area contributed by atoms with E-state index in [9.17, 15) is 19.5 Å². The second-order valence-corrected chi connectivity index (χ2v) is 6.22. The quantitative estimate of drug-likeness (QED) is 0.887. The normalized spacial score (nSPS) is 12.9. The maximum atomic E-state index is 12.2. The molecule has 1 amide bonds. The van der Waals surface area contributed by atoms with E-state index >= 15 is 0 Å². The van der Waals surface area contributed by atoms with Crippen LogP contribution in [0.25, 0.3) is 0 Å². The number of carboxylic acid groups (broad SMARTS) is 1. The molecule has 0 spiro atoms. The van der Waals surface area contributed by atoms with Crippen molar-refractivity contribution in [1.82, 2.24) is 9.88 Å². The molecule has 1 heterocycles. The van der Waals surface area contributed by atoms with Gasteiger partial charge in [0.15, 0.2) is 0 Å². The van der Waals surface area contributed by atoms with Crippen LogP contribution in [0.5, 0.6) is 0 Å². The van der Waals surface area contributed by atoms with E-state index < -0.39 is 17.6 Å². The summed E-state index contributed by atoms with van der Waals surface area (Å²) in [6.07, 6.45) is 0. The molecular weight excluding hydrogens is 272 g/mol. The van der Waals surface area contributed by atoms with Gasteiger partial charge in [0.2, 0.25) is 5.91 Å². The topological polar surface area (TPSA) is 88.4 Å². The molecule has 0 radical (unpaired) electrons. The van der Waals surface area contributed by atoms with E-state index in [1.807, 2.05) is 20.8 Å². The molecule has 0 fully saturated rings. The Hall–Kier alpha value is -2.11. The Bertz CT molecular complexity index is 638. The summed E-state index contributed by atoms with van der Waals surface area (Å²) in [5.74, 6) is -1.44. The molecule has 0 aromatic carbocycles. The SMILES string of the molecule is Cc1cc(=O)n(C(C)C(=O)NC(C)(C)C)c(C)c1C(=O)O. The zero-order valence-corrected chi connectivity index (χ0v) is 13.3. The van der Waals surface area contributed by atoms with Crippen molar-refractivity contribution < 1.29 is 14.7 Å². The van der Waals surface area contributed by atoms with Crippen molar-refractivity contribution in [2.45, 2.75) is 53.1 Å². The van der Waals surface area contributed by atoms with Crippen molar-refractivity contribution >= 4 is 11.9 Å². The fourth-order valence-electron chi connectivity index (χ4n) is 2.29. The second-order valence-electron chi connectivity index (χ2n) is 6.22. The lowest BCUT2D eigenvalue weighted by molar-refractivity contribution is -0.125. The summed E-state index contributed by atoms with van der Waals surface area (Å²) < 4.78 is 1.22. The number of aromatic nitrogens is 1. The molecule has 0 aliphatic rings. The molecule has 0 aliphatic carbocycles. The number of pyridine rings is 1. The smallest absolute Gasteiger partial charge is 0.337 e. The molecule has 0 bridgehead atoms. The zero-order valence-electron chi connectivity index (χ0n) is 13.3. The van der Waals surface area contributed by atoms with Crippen LogP contribution in [0.1, 0.15) is 55.4 Å². The lowest BCUT2D eigenvalue weighted by Gasteiger charge is -2.25. The largest absolute Gasteiger partial charge is 0.478 e. The fraction of sp³-hybridized carbons (Fsp3) is 0.533. The lowest BCUT2D eigenvalue weighted by atomic mass is 10.1. The molecule has 0 saturated carbocycles. The Morgan fingerprint density at radius 2 is 1.81 bits per heavy atom. The van der Waals surface area contributed by atoms with Crippen molar-refractivity contribution in [2.24, 2.45) is 0 Å². The van der Waals surface area contributed by atoms with Gasteiger partial charge in [-0.25, -0.2) is 4.79 Å². The van der Waals surface area contributed by atoms with Crippen LogP contribution in [0, 0.1) is 13.8 Å². The molecule has 1 aromatic heterocycles. The summed E-state index contributed by atoms with van der Waals surface area (Å²) in [5.41, 5.74) is -0.0753. The van der Waals surface area contributed by atoms with Gasteiger partial charge in [-0.3, -0.25) is 14.2 Å². The van der Waals surface area contributed by atoms with Crippen molar-refractivity contribution in [3.8, 4) is 0 Å². The average molecular weight is 294 g/mol. The number of nitrogens with one attached hydrogen (secondary N) is 1. The van der Waals surface area contributed by atoms with Crippen molar-refractivity contribution in [3.63, 3.8) is 0 Å². The first-order valence-corrected chi connectivity index (χ1v) is 6.73. The third-order valence-electron chi connectivity index (χ3n) is 3.17. The highest BCUT2D eigenvalue weighted by molar-refractivity contribution is 5.90. The van der Waals surface area contributed by atoms with Gasteiger partial charge in [0, 0.05) is 17.3 Å². The first-order chi connectivity index (χ1) is 9.45. The van der Waals surface area contributed by atoms with Crippen LogP contribution in [0.15, 0.2) is 10.9 Å². The maximum Gasteiger partial charge on any atom is 0.337 e. The Balaban J connectivity index is 3.37. The number of aryl methyl sites for hydroxylation is 1. The number of aromatic carboxylic acids is 1. The van der Waals surface area contributed by atoms with Gasteiger partial charge in [-0.15, -0.1) is 0 Å². The van der Waals surface area contributed by atoms with E-state index in [2.05, 4.69) is 5.32 Å².